The molecule has 0 spiro atoms. The second kappa shape index (κ2) is 9.62. The molecule has 1 aromatic carbocycles. The Labute approximate surface area is 120 Å². The summed E-state index contributed by atoms with van der Waals surface area (Å²) in [6.45, 7) is 2.19. The van der Waals surface area contributed by atoms with Gasteiger partial charge in [0, 0.05) is 6.42 Å². The summed E-state index contributed by atoms with van der Waals surface area (Å²) in [5.41, 5.74) is -0.118. The number of hydrogen-bond acceptors (Lipinski definition) is 1. The molecular weight excluding hydrogens is 258 g/mol. The number of benzene rings is 1. The third-order valence-electron chi connectivity index (χ3n) is 3.49. The molecule has 0 atom stereocenters. The van der Waals surface area contributed by atoms with Gasteiger partial charge in [-0.2, -0.15) is 0 Å². The van der Waals surface area contributed by atoms with Crippen molar-refractivity contribution >= 4 is 5.78 Å². The van der Waals surface area contributed by atoms with Crippen molar-refractivity contribution in [1.82, 2.24) is 0 Å². The second-order valence-corrected chi connectivity index (χ2v) is 5.27. The lowest BCUT2D eigenvalue weighted by molar-refractivity contribution is 0.0974. The smallest absolute Gasteiger partial charge is 0.165 e. The van der Waals surface area contributed by atoms with E-state index in [0.717, 1.165) is 37.5 Å². The molecule has 1 nitrogen and oxygen atoms in total. The fraction of sp³-hybridized carbons (Fsp3) is 0.588. The topological polar surface area (TPSA) is 17.1 Å². The zero-order valence-electron chi connectivity index (χ0n) is 12.3. The lowest BCUT2D eigenvalue weighted by Gasteiger charge is -2.03. The largest absolute Gasteiger partial charge is 0.294 e. The molecule has 0 amide bonds. The fourth-order valence-corrected chi connectivity index (χ4v) is 2.27. The van der Waals surface area contributed by atoms with Crippen LogP contribution in [0, 0.1) is 11.6 Å². The van der Waals surface area contributed by atoms with Gasteiger partial charge in [0.1, 0.15) is 11.6 Å². The van der Waals surface area contributed by atoms with Crippen LogP contribution < -0.4 is 0 Å². The highest BCUT2D eigenvalue weighted by Crippen LogP contribution is 2.15. The highest BCUT2D eigenvalue weighted by atomic mass is 19.1. The minimum atomic E-state index is -0.629. The maximum Gasteiger partial charge on any atom is 0.165 e. The van der Waals surface area contributed by atoms with Gasteiger partial charge < -0.3 is 0 Å². The molecule has 3 heteroatoms. The van der Waals surface area contributed by atoms with E-state index in [-0.39, 0.29) is 11.3 Å². The number of carbonyl (C=O) groups is 1. The van der Waals surface area contributed by atoms with Gasteiger partial charge in [-0.3, -0.25) is 4.79 Å². The van der Waals surface area contributed by atoms with E-state index in [1.54, 1.807) is 0 Å². The first-order valence-electron chi connectivity index (χ1n) is 7.63. The molecule has 0 fully saturated rings. The van der Waals surface area contributed by atoms with Gasteiger partial charge in [0.25, 0.3) is 0 Å². The van der Waals surface area contributed by atoms with Gasteiger partial charge in [-0.05, 0) is 24.6 Å². The normalized spacial score (nSPS) is 10.8. The molecule has 1 aromatic rings. The summed E-state index contributed by atoms with van der Waals surface area (Å²) in [4.78, 5) is 11.8. The average molecular weight is 282 g/mol. The Hall–Kier alpha value is -1.25. The Bertz CT molecular complexity index is 415. The predicted octanol–water partition coefficient (Wildman–Crippen LogP) is 5.68. The van der Waals surface area contributed by atoms with Gasteiger partial charge in [-0.25, -0.2) is 8.78 Å². The first-order chi connectivity index (χ1) is 9.65. The van der Waals surface area contributed by atoms with Crippen molar-refractivity contribution in [3.8, 4) is 0 Å². The van der Waals surface area contributed by atoms with Crippen LogP contribution in [-0.2, 0) is 0 Å². The zero-order chi connectivity index (χ0) is 14.8. The predicted molar refractivity (Wildman–Crippen MR) is 77.9 cm³/mol. The molecule has 20 heavy (non-hydrogen) atoms. The summed E-state index contributed by atoms with van der Waals surface area (Å²) in [7, 11) is 0. The average Bonchev–Trinajstić information content (AvgIpc) is 2.44. The SMILES string of the molecule is CCCCCCCCCCC(=O)c1cc(F)ccc1F. The lowest BCUT2D eigenvalue weighted by Crippen LogP contribution is -2.03. The summed E-state index contributed by atoms with van der Waals surface area (Å²) in [5, 5.41) is 0. The van der Waals surface area contributed by atoms with E-state index in [4.69, 9.17) is 0 Å². The van der Waals surface area contributed by atoms with Gasteiger partial charge in [0.15, 0.2) is 5.78 Å². The molecule has 1 rings (SSSR count). The Kier molecular flexibility index (Phi) is 8.08. The van der Waals surface area contributed by atoms with Crippen LogP contribution in [0.5, 0.6) is 0 Å². The molecule has 0 aliphatic carbocycles. The molecule has 0 saturated carbocycles. The highest BCUT2D eigenvalue weighted by molar-refractivity contribution is 5.96. The quantitative estimate of drug-likeness (QED) is 0.398. The number of unbranched alkanes of at least 4 members (excludes halogenated alkanes) is 7. The lowest BCUT2D eigenvalue weighted by atomic mass is 10.0. The van der Waals surface area contributed by atoms with Crippen molar-refractivity contribution in [2.45, 2.75) is 64.7 Å². The first kappa shape index (κ1) is 16.8. The summed E-state index contributed by atoms with van der Waals surface area (Å²) in [6.07, 6.45) is 9.41. The molecule has 0 aliphatic heterocycles. The summed E-state index contributed by atoms with van der Waals surface area (Å²) in [6, 6.07) is 3.03. The molecule has 0 heterocycles. The van der Waals surface area contributed by atoms with Gasteiger partial charge in [-0.15, -0.1) is 0 Å². The molecule has 112 valence electrons. The van der Waals surface area contributed by atoms with E-state index < -0.39 is 11.6 Å². The molecule has 0 unspecified atom stereocenters. The maximum atomic E-state index is 13.4. The number of ketones is 1. The molecule has 0 aliphatic rings. The summed E-state index contributed by atoms with van der Waals surface area (Å²) in [5.74, 6) is -1.49. The van der Waals surface area contributed by atoms with Gasteiger partial charge in [-0.1, -0.05) is 51.9 Å². The van der Waals surface area contributed by atoms with E-state index in [1.807, 2.05) is 0 Å². The van der Waals surface area contributed by atoms with E-state index in [9.17, 15) is 13.6 Å². The van der Waals surface area contributed by atoms with Crippen LogP contribution in [0.15, 0.2) is 18.2 Å². The molecular formula is C17H24F2O. The van der Waals surface area contributed by atoms with Crippen LogP contribution in [0.1, 0.15) is 75.1 Å². The van der Waals surface area contributed by atoms with Crippen LogP contribution in [0.3, 0.4) is 0 Å². The molecule has 0 radical (unpaired) electrons. The molecule has 0 saturated heterocycles. The Morgan fingerprint density at radius 3 is 2.20 bits per heavy atom. The number of halogens is 2. The summed E-state index contributed by atoms with van der Waals surface area (Å²) >= 11 is 0. The Morgan fingerprint density at radius 2 is 1.55 bits per heavy atom. The van der Waals surface area contributed by atoms with Crippen molar-refractivity contribution in [2.75, 3.05) is 0 Å². The zero-order valence-corrected chi connectivity index (χ0v) is 12.3. The van der Waals surface area contributed by atoms with Crippen molar-refractivity contribution < 1.29 is 13.6 Å². The number of Topliss-reactive ketones (excluding diaryl/α,β-unsaturated/α-hetero) is 1. The van der Waals surface area contributed by atoms with Crippen LogP contribution in [0.4, 0.5) is 8.78 Å². The van der Waals surface area contributed by atoms with Crippen molar-refractivity contribution in [3.05, 3.63) is 35.4 Å². The van der Waals surface area contributed by atoms with Crippen LogP contribution in [-0.4, -0.2) is 5.78 Å². The number of rotatable bonds is 10. The van der Waals surface area contributed by atoms with Crippen LogP contribution in [0.25, 0.3) is 0 Å². The van der Waals surface area contributed by atoms with Gasteiger partial charge in [0.05, 0.1) is 5.56 Å². The van der Waals surface area contributed by atoms with E-state index in [1.165, 1.54) is 32.1 Å². The number of carbonyl (C=O) groups excluding carboxylic acids is 1. The minimum Gasteiger partial charge on any atom is -0.294 e. The standard InChI is InChI=1S/C17H24F2O/c1-2-3-4-5-6-7-8-9-10-17(20)15-13-14(18)11-12-16(15)19/h11-13H,2-10H2,1H3. The fourth-order valence-electron chi connectivity index (χ4n) is 2.27. The molecule has 0 bridgehead atoms. The highest BCUT2D eigenvalue weighted by Gasteiger charge is 2.12. The van der Waals surface area contributed by atoms with Crippen LogP contribution >= 0.6 is 0 Å². The minimum absolute atomic E-state index is 0.118. The van der Waals surface area contributed by atoms with Gasteiger partial charge in [0.2, 0.25) is 0 Å². The third kappa shape index (κ3) is 6.27. The van der Waals surface area contributed by atoms with E-state index >= 15 is 0 Å². The Balaban J connectivity index is 2.18. The van der Waals surface area contributed by atoms with E-state index in [2.05, 4.69) is 6.92 Å². The first-order valence-corrected chi connectivity index (χ1v) is 7.63. The Morgan fingerprint density at radius 1 is 0.950 bits per heavy atom. The number of hydrogen-bond donors (Lipinski definition) is 0. The van der Waals surface area contributed by atoms with Crippen molar-refractivity contribution in [2.24, 2.45) is 0 Å². The van der Waals surface area contributed by atoms with E-state index in [0.29, 0.717) is 6.42 Å². The van der Waals surface area contributed by atoms with Gasteiger partial charge >= 0.3 is 0 Å². The second-order valence-electron chi connectivity index (χ2n) is 5.27. The molecule has 0 N–H and O–H groups in total. The van der Waals surface area contributed by atoms with Crippen molar-refractivity contribution in [1.29, 1.82) is 0 Å². The monoisotopic (exact) mass is 282 g/mol. The molecule has 0 aromatic heterocycles. The van der Waals surface area contributed by atoms with Crippen molar-refractivity contribution in [3.63, 3.8) is 0 Å². The van der Waals surface area contributed by atoms with Crippen LogP contribution in [0.2, 0.25) is 0 Å². The third-order valence-corrected chi connectivity index (χ3v) is 3.49. The summed E-state index contributed by atoms with van der Waals surface area (Å²) < 4.78 is 26.4. The maximum absolute atomic E-state index is 13.4.